The molecule has 1 N–H and O–H groups in total. The third-order valence-corrected chi connectivity index (χ3v) is 5.83. The lowest BCUT2D eigenvalue weighted by Crippen LogP contribution is -2.47. The molecule has 0 aliphatic carbocycles. The first kappa shape index (κ1) is 16.0. The van der Waals surface area contributed by atoms with Gasteiger partial charge in [-0.15, -0.1) is 0 Å². The molecule has 2 aromatic rings. The predicted molar refractivity (Wildman–Crippen MR) is 100 cm³/mol. The smallest absolute Gasteiger partial charge is 0.0887 e. The lowest BCUT2D eigenvalue weighted by atomic mass is 10.1. The monoisotopic (exact) mass is 350 g/mol. The minimum absolute atomic E-state index is 0.190. The Balaban J connectivity index is 1.31. The van der Waals surface area contributed by atoms with Crippen molar-refractivity contribution in [2.24, 2.45) is 0 Å². The van der Waals surface area contributed by atoms with Crippen molar-refractivity contribution in [2.75, 3.05) is 19.6 Å². The van der Waals surface area contributed by atoms with Crippen LogP contribution in [0.3, 0.4) is 0 Å². The van der Waals surface area contributed by atoms with E-state index in [4.69, 9.17) is 0 Å². The van der Waals surface area contributed by atoms with Gasteiger partial charge in [-0.2, -0.15) is 5.10 Å². The summed E-state index contributed by atoms with van der Waals surface area (Å²) in [5, 5.41) is 6.90. The average molecular weight is 350 g/mol. The van der Waals surface area contributed by atoms with Crippen molar-refractivity contribution in [1.82, 2.24) is 30.1 Å². The number of fused-ring (bicyclic) bond motifs is 2. The van der Waals surface area contributed by atoms with E-state index < -0.39 is 0 Å². The standard InChI is InChI=1S/C20H26N6/c1-15-5-4-7-21-20(15)18-11-17-14-24(9-10-25(17)23-18)13-16-12-22-26-8-3-2-6-19(16)26/h4-5,7,11-12,18,23H,2-3,6,8-10,13-14H2,1H3. The van der Waals surface area contributed by atoms with Gasteiger partial charge in [0.25, 0.3) is 0 Å². The highest BCUT2D eigenvalue weighted by Crippen LogP contribution is 2.28. The first-order valence-corrected chi connectivity index (χ1v) is 9.70. The van der Waals surface area contributed by atoms with Crippen molar-refractivity contribution in [3.63, 3.8) is 0 Å². The van der Waals surface area contributed by atoms with Gasteiger partial charge in [0.15, 0.2) is 0 Å². The van der Waals surface area contributed by atoms with Gasteiger partial charge in [0.2, 0.25) is 0 Å². The van der Waals surface area contributed by atoms with Gasteiger partial charge in [-0.1, -0.05) is 6.07 Å². The van der Waals surface area contributed by atoms with Gasteiger partial charge >= 0.3 is 0 Å². The van der Waals surface area contributed by atoms with Gasteiger partial charge < -0.3 is 5.01 Å². The molecule has 6 heteroatoms. The number of hydrogen-bond acceptors (Lipinski definition) is 5. The zero-order valence-corrected chi connectivity index (χ0v) is 15.4. The summed E-state index contributed by atoms with van der Waals surface area (Å²) in [6.45, 7) is 7.30. The van der Waals surface area contributed by atoms with E-state index in [9.17, 15) is 0 Å². The Labute approximate surface area is 154 Å². The number of rotatable bonds is 3. The van der Waals surface area contributed by atoms with Crippen LogP contribution in [0.5, 0.6) is 0 Å². The highest BCUT2D eigenvalue weighted by Gasteiger charge is 2.30. The molecule has 5 rings (SSSR count). The Morgan fingerprint density at radius 2 is 2.19 bits per heavy atom. The van der Waals surface area contributed by atoms with E-state index in [1.165, 1.54) is 41.8 Å². The van der Waals surface area contributed by atoms with Crippen LogP contribution in [0.2, 0.25) is 0 Å². The second-order valence-corrected chi connectivity index (χ2v) is 7.63. The Kier molecular flexibility index (Phi) is 4.02. The van der Waals surface area contributed by atoms with Gasteiger partial charge in [-0.05, 0) is 43.9 Å². The van der Waals surface area contributed by atoms with Crippen LogP contribution in [0.1, 0.15) is 41.4 Å². The number of nitrogens with one attached hydrogen (secondary N) is 1. The van der Waals surface area contributed by atoms with Gasteiger partial charge in [0.05, 0.1) is 17.9 Å². The molecule has 3 aliphatic heterocycles. The summed E-state index contributed by atoms with van der Waals surface area (Å²) in [6, 6.07) is 4.33. The Bertz CT molecular complexity index is 839. The molecule has 0 saturated carbocycles. The van der Waals surface area contributed by atoms with Gasteiger partial charge in [-0.3, -0.25) is 14.6 Å². The topological polar surface area (TPSA) is 49.2 Å². The summed E-state index contributed by atoms with van der Waals surface area (Å²) in [5.41, 5.74) is 10.2. The largest absolute Gasteiger partial charge is 0.309 e. The van der Waals surface area contributed by atoms with Crippen LogP contribution in [0.25, 0.3) is 0 Å². The van der Waals surface area contributed by atoms with Crippen molar-refractivity contribution in [1.29, 1.82) is 0 Å². The molecule has 1 unspecified atom stereocenters. The molecule has 0 bridgehead atoms. The van der Waals surface area contributed by atoms with Gasteiger partial charge in [-0.25, -0.2) is 5.43 Å². The zero-order chi connectivity index (χ0) is 17.5. The van der Waals surface area contributed by atoms with Crippen LogP contribution in [-0.2, 0) is 19.5 Å². The first-order valence-electron chi connectivity index (χ1n) is 9.70. The Morgan fingerprint density at radius 1 is 1.23 bits per heavy atom. The van der Waals surface area contributed by atoms with Gasteiger partial charge in [0, 0.05) is 55.9 Å². The molecule has 26 heavy (non-hydrogen) atoms. The summed E-state index contributed by atoms with van der Waals surface area (Å²) in [6.07, 6.45) is 10.1. The molecular formula is C20H26N6. The number of aryl methyl sites for hydroxylation is 2. The van der Waals surface area contributed by atoms with Crippen LogP contribution in [0, 0.1) is 6.92 Å². The van der Waals surface area contributed by atoms with E-state index in [1.807, 2.05) is 12.3 Å². The molecule has 0 amide bonds. The van der Waals surface area contributed by atoms with Gasteiger partial charge in [0.1, 0.15) is 0 Å². The van der Waals surface area contributed by atoms with E-state index in [-0.39, 0.29) is 6.04 Å². The molecule has 1 atom stereocenters. The van der Waals surface area contributed by atoms with E-state index in [0.29, 0.717) is 0 Å². The fourth-order valence-electron chi connectivity index (χ4n) is 4.42. The van der Waals surface area contributed by atoms with Crippen LogP contribution >= 0.6 is 0 Å². The minimum Gasteiger partial charge on any atom is -0.309 e. The second-order valence-electron chi connectivity index (χ2n) is 7.63. The summed E-state index contributed by atoms with van der Waals surface area (Å²) in [4.78, 5) is 7.13. The van der Waals surface area contributed by atoms with Crippen molar-refractivity contribution < 1.29 is 0 Å². The molecule has 6 nitrogen and oxygen atoms in total. The lowest BCUT2D eigenvalue weighted by Gasteiger charge is -2.35. The molecule has 0 radical (unpaired) electrons. The Hall–Kier alpha value is -2.18. The van der Waals surface area contributed by atoms with Crippen molar-refractivity contribution in [3.8, 4) is 0 Å². The number of nitrogens with zero attached hydrogens (tertiary/aromatic N) is 5. The maximum absolute atomic E-state index is 4.59. The summed E-state index contributed by atoms with van der Waals surface area (Å²) in [5.74, 6) is 0. The maximum Gasteiger partial charge on any atom is 0.0887 e. The van der Waals surface area contributed by atoms with Crippen molar-refractivity contribution in [2.45, 2.75) is 45.3 Å². The fourth-order valence-corrected chi connectivity index (χ4v) is 4.42. The molecular weight excluding hydrogens is 324 g/mol. The van der Waals surface area contributed by atoms with Crippen molar-refractivity contribution >= 4 is 0 Å². The lowest BCUT2D eigenvalue weighted by molar-refractivity contribution is 0.139. The van der Waals surface area contributed by atoms with Crippen molar-refractivity contribution in [3.05, 3.63) is 58.8 Å². The number of hydrazine groups is 1. The number of hydrogen-bond donors (Lipinski definition) is 1. The number of piperazine rings is 1. The van der Waals surface area contributed by atoms with Crippen LogP contribution in [0.4, 0.5) is 0 Å². The maximum atomic E-state index is 4.59. The van der Waals surface area contributed by atoms with Crippen LogP contribution in [0.15, 0.2) is 36.3 Å². The average Bonchev–Trinajstić information content (AvgIpc) is 3.26. The summed E-state index contributed by atoms with van der Waals surface area (Å²) >= 11 is 0. The molecule has 5 heterocycles. The zero-order valence-electron chi connectivity index (χ0n) is 15.4. The summed E-state index contributed by atoms with van der Waals surface area (Å²) in [7, 11) is 0. The Morgan fingerprint density at radius 3 is 3.12 bits per heavy atom. The number of aromatic nitrogens is 3. The molecule has 0 spiro atoms. The quantitative estimate of drug-likeness (QED) is 0.920. The third kappa shape index (κ3) is 2.83. The summed E-state index contributed by atoms with van der Waals surface area (Å²) < 4.78 is 2.21. The molecule has 2 aromatic heterocycles. The highest BCUT2D eigenvalue weighted by molar-refractivity contribution is 5.29. The highest BCUT2D eigenvalue weighted by atomic mass is 15.6. The minimum atomic E-state index is 0.190. The molecule has 136 valence electrons. The first-order chi connectivity index (χ1) is 12.8. The molecule has 1 fully saturated rings. The normalized spacial score (nSPS) is 22.9. The van der Waals surface area contributed by atoms with E-state index in [0.717, 1.165) is 38.4 Å². The van der Waals surface area contributed by atoms with Crippen LogP contribution in [-0.4, -0.2) is 44.3 Å². The second kappa shape index (κ2) is 6.52. The van der Waals surface area contributed by atoms with E-state index >= 15 is 0 Å². The SMILES string of the molecule is Cc1cccnc1C1C=C2CN(Cc3cnn4c3CCCC4)CCN2N1. The number of pyridine rings is 1. The predicted octanol–water partition coefficient (Wildman–Crippen LogP) is 2.18. The molecule has 1 saturated heterocycles. The third-order valence-electron chi connectivity index (χ3n) is 5.83. The van der Waals surface area contributed by atoms with Crippen LogP contribution < -0.4 is 5.43 Å². The van der Waals surface area contributed by atoms with E-state index in [2.05, 4.69) is 55.4 Å². The van der Waals surface area contributed by atoms with E-state index in [1.54, 1.807) is 0 Å². The molecule has 3 aliphatic rings. The fraction of sp³-hybridized carbons (Fsp3) is 0.500. The molecule has 0 aromatic carbocycles.